The van der Waals surface area contributed by atoms with Crippen molar-refractivity contribution in [2.24, 2.45) is 17.8 Å². The number of rotatable bonds is 2. The van der Waals surface area contributed by atoms with Crippen LogP contribution in [0.4, 0.5) is 0 Å². The molecule has 0 aromatic rings. The number of carbonyl (C=O) groups excluding carboxylic acids is 1. The summed E-state index contributed by atoms with van der Waals surface area (Å²) in [4.78, 5) is 11.5. The number of carbonyl (C=O) groups is 1. The van der Waals surface area contributed by atoms with Crippen LogP contribution in [0, 0.1) is 17.8 Å². The molecule has 1 saturated heterocycles. The maximum absolute atomic E-state index is 11.5. The maximum Gasteiger partial charge on any atom is 0.134 e. The molecule has 0 aromatic carbocycles. The van der Waals surface area contributed by atoms with Crippen molar-refractivity contribution in [2.45, 2.75) is 39.0 Å². The van der Waals surface area contributed by atoms with Gasteiger partial charge in [-0.3, -0.25) is 4.79 Å². The molecule has 0 amide bonds. The Balaban J connectivity index is 1.97. The second-order valence-electron chi connectivity index (χ2n) is 4.94. The van der Waals surface area contributed by atoms with E-state index in [-0.39, 0.29) is 0 Å². The van der Waals surface area contributed by atoms with Gasteiger partial charge in [0.05, 0.1) is 0 Å². The monoisotopic (exact) mass is 195 g/mol. The summed E-state index contributed by atoms with van der Waals surface area (Å²) < 4.78 is 0. The van der Waals surface area contributed by atoms with Gasteiger partial charge >= 0.3 is 0 Å². The van der Waals surface area contributed by atoms with E-state index in [1.165, 1.54) is 32.1 Å². The SMILES string of the molecule is CC(=O)C1CNCC1C1CCCCC1. The molecule has 0 spiro atoms. The lowest BCUT2D eigenvalue weighted by Crippen LogP contribution is -2.28. The van der Waals surface area contributed by atoms with Crippen LogP contribution in [0.15, 0.2) is 0 Å². The van der Waals surface area contributed by atoms with Crippen LogP contribution in [-0.2, 0) is 4.79 Å². The van der Waals surface area contributed by atoms with Gasteiger partial charge in [0.25, 0.3) is 0 Å². The summed E-state index contributed by atoms with van der Waals surface area (Å²) in [5.74, 6) is 2.18. The van der Waals surface area contributed by atoms with Gasteiger partial charge in [-0.15, -0.1) is 0 Å². The topological polar surface area (TPSA) is 29.1 Å². The quantitative estimate of drug-likeness (QED) is 0.730. The largest absolute Gasteiger partial charge is 0.316 e. The van der Waals surface area contributed by atoms with Crippen LogP contribution < -0.4 is 5.32 Å². The molecule has 14 heavy (non-hydrogen) atoms. The van der Waals surface area contributed by atoms with Crippen molar-refractivity contribution in [2.75, 3.05) is 13.1 Å². The molecule has 0 aromatic heterocycles. The second kappa shape index (κ2) is 4.43. The fraction of sp³-hybridized carbons (Fsp3) is 0.917. The van der Waals surface area contributed by atoms with Crippen LogP contribution in [0.5, 0.6) is 0 Å². The highest BCUT2D eigenvalue weighted by Crippen LogP contribution is 2.35. The number of hydrogen-bond donors (Lipinski definition) is 1. The third-order valence-corrected chi connectivity index (χ3v) is 4.04. The molecule has 2 fully saturated rings. The van der Waals surface area contributed by atoms with Crippen molar-refractivity contribution in [1.82, 2.24) is 5.32 Å². The van der Waals surface area contributed by atoms with Crippen LogP contribution in [0.25, 0.3) is 0 Å². The highest BCUT2D eigenvalue weighted by molar-refractivity contribution is 5.79. The van der Waals surface area contributed by atoms with E-state index in [2.05, 4.69) is 5.32 Å². The number of ketones is 1. The Labute approximate surface area is 86.5 Å². The molecule has 1 aliphatic carbocycles. The van der Waals surface area contributed by atoms with Crippen molar-refractivity contribution in [3.05, 3.63) is 0 Å². The van der Waals surface area contributed by atoms with Gasteiger partial charge in [-0.2, -0.15) is 0 Å². The van der Waals surface area contributed by atoms with E-state index >= 15 is 0 Å². The molecular weight excluding hydrogens is 174 g/mol. The van der Waals surface area contributed by atoms with E-state index in [9.17, 15) is 4.79 Å². The third kappa shape index (κ3) is 2.00. The molecule has 0 radical (unpaired) electrons. The molecule has 80 valence electrons. The zero-order chi connectivity index (χ0) is 9.97. The minimum Gasteiger partial charge on any atom is -0.316 e. The summed E-state index contributed by atoms with van der Waals surface area (Å²) in [6, 6.07) is 0. The van der Waals surface area contributed by atoms with E-state index in [4.69, 9.17) is 0 Å². The maximum atomic E-state index is 11.5. The normalized spacial score (nSPS) is 34.6. The van der Waals surface area contributed by atoms with Gasteiger partial charge in [0.1, 0.15) is 5.78 Å². The van der Waals surface area contributed by atoms with Crippen molar-refractivity contribution in [3.63, 3.8) is 0 Å². The van der Waals surface area contributed by atoms with Crippen LogP contribution in [0.2, 0.25) is 0 Å². The predicted octanol–water partition coefficient (Wildman–Crippen LogP) is 1.99. The van der Waals surface area contributed by atoms with Crippen LogP contribution >= 0.6 is 0 Å². The van der Waals surface area contributed by atoms with Crippen molar-refractivity contribution >= 4 is 5.78 Å². The summed E-state index contributed by atoms with van der Waals surface area (Å²) in [7, 11) is 0. The van der Waals surface area contributed by atoms with E-state index in [1.807, 2.05) is 0 Å². The van der Waals surface area contributed by atoms with Gasteiger partial charge in [-0.25, -0.2) is 0 Å². The number of hydrogen-bond acceptors (Lipinski definition) is 2. The molecule has 2 aliphatic rings. The minimum atomic E-state index is 0.318. The average molecular weight is 195 g/mol. The van der Waals surface area contributed by atoms with Crippen molar-refractivity contribution in [3.8, 4) is 0 Å². The van der Waals surface area contributed by atoms with Crippen LogP contribution in [0.3, 0.4) is 0 Å². The molecule has 2 unspecified atom stereocenters. The summed E-state index contributed by atoms with van der Waals surface area (Å²) in [5, 5.41) is 3.38. The highest BCUT2D eigenvalue weighted by atomic mass is 16.1. The minimum absolute atomic E-state index is 0.318. The lowest BCUT2D eigenvalue weighted by atomic mass is 9.74. The molecule has 1 saturated carbocycles. The van der Waals surface area contributed by atoms with Crippen LogP contribution in [-0.4, -0.2) is 18.9 Å². The summed E-state index contributed by atoms with van der Waals surface area (Å²) in [5.41, 5.74) is 0. The van der Waals surface area contributed by atoms with Gasteiger partial charge in [0.2, 0.25) is 0 Å². The predicted molar refractivity (Wildman–Crippen MR) is 57.1 cm³/mol. The number of Topliss-reactive ketones (excluding diaryl/α,β-unsaturated/α-hetero) is 1. The molecule has 2 atom stereocenters. The second-order valence-corrected chi connectivity index (χ2v) is 4.94. The fourth-order valence-electron chi connectivity index (χ4n) is 3.20. The Kier molecular flexibility index (Phi) is 3.22. The lowest BCUT2D eigenvalue weighted by Gasteiger charge is -2.29. The fourth-order valence-corrected chi connectivity index (χ4v) is 3.20. The first-order chi connectivity index (χ1) is 6.79. The van der Waals surface area contributed by atoms with Gasteiger partial charge in [-0.1, -0.05) is 32.1 Å². The Morgan fingerprint density at radius 1 is 1.14 bits per heavy atom. The van der Waals surface area contributed by atoms with Crippen LogP contribution in [0.1, 0.15) is 39.0 Å². The lowest BCUT2D eigenvalue weighted by molar-refractivity contribution is -0.121. The first-order valence-corrected chi connectivity index (χ1v) is 6.00. The Morgan fingerprint density at radius 2 is 1.86 bits per heavy atom. The van der Waals surface area contributed by atoms with Gasteiger partial charge in [0.15, 0.2) is 0 Å². The van der Waals surface area contributed by atoms with Crippen molar-refractivity contribution in [1.29, 1.82) is 0 Å². The molecule has 2 rings (SSSR count). The molecule has 2 heteroatoms. The zero-order valence-electron chi connectivity index (χ0n) is 9.09. The first kappa shape index (κ1) is 10.2. The molecule has 2 nitrogen and oxygen atoms in total. The Hall–Kier alpha value is -0.370. The third-order valence-electron chi connectivity index (χ3n) is 4.04. The first-order valence-electron chi connectivity index (χ1n) is 6.00. The van der Waals surface area contributed by atoms with E-state index < -0.39 is 0 Å². The number of nitrogens with one attached hydrogen (secondary N) is 1. The molecule has 0 bridgehead atoms. The molecule has 1 heterocycles. The highest BCUT2D eigenvalue weighted by Gasteiger charge is 2.36. The Morgan fingerprint density at radius 3 is 2.50 bits per heavy atom. The van der Waals surface area contributed by atoms with Gasteiger partial charge < -0.3 is 5.32 Å². The zero-order valence-corrected chi connectivity index (χ0v) is 9.09. The molecular formula is C12H21NO. The van der Waals surface area contributed by atoms with Gasteiger partial charge in [-0.05, 0) is 25.3 Å². The van der Waals surface area contributed by atoms with Crippen molar-refractivity contribution < 1.29 is 4.79 Å². The summed E-state index contributed by atoms with van der Waals surface area (Å²) in [6.07, 6.45) is 6.88. The summed E-state index contributed by atoms with van der Waals surface area (Å²) in [6.45, 7) is 3.76. The van der Waals surface area contributed by atoms with Gasteiger partial charge in [0, 0.05) is 12.5 Å². The van der Waals surface area contributed by atoms with E-state index in [0.717, 1.165) is 19.0 Å². The average Bonchev–Trinajstić information content (AvgIpc) is 2.67. The smallest absolute Gasteiger partial charge is 0.134 e. The molecule has 1 N–H and O–H groups in total. The Bertz CT molecular complexity index is 208. The molecule has 1 aliphatic heterocycles. The summed E-state index contributed by atoms with van der Waals surface area (Å²) >= 11 is 0. The standard InChI is InChI=1S/C12H21NO/c1-9(14)11-7-13-8-12(11)10-5-3-2-4-6-10/h10-13H,2-8H2,1H3. The van der Waals surface area contributed by atoms with E-state index in [0.29, 0.717) is 17.6 Å². The van der Waals surface area contributed by atoms with E-state index in [1.54, 1.807) is 6.92 Å².